The molecule has 9 heteroatoms. The second kappa shape index (κ2) is 10.2. The first-order valence-electron chi connectivity index (χ1n) is 14.2. The van der Waals surface area contributed by atoms with E-state index >= 15 is 0 Å². The summed E-state index contributed by atoms with van der Waals surface area (Å²) in [6.45, 7) is 16.7. The number of rotatable bonds is 5. The molecule has 0 aliphatic carbocycles. The van der Waals surface area contributed by atoms with E-state index in [0.29, 0.717) is 12.6 Å². The molecule has 0 amide bonds. The van der Waals surface area contributed by atoms with Gasteiger partial charge < -0.3 is 29.9 Å². The van der Waals surface area contributed by atoms with Gasteiger partial charge in [0.05, 0.1) is 31.5 Å². The fraction of sp³-hybridized carbons (Fsp3) is 0.567. The lowest BCUT2D eigenvalue weighted by molar-refractivity contribution is -0.0893. The molecule has 2 atom stereocenters. The highest BCUT2D eigenvalue weighted by Gasteiger charge is 2.55. The molecule has 0 bridgehead atoms. The van der Waals surface area contributed by atoms with Crippen molar-refractivity contribution >= 4 is 17.6 Å². The van der Waals surface area contributed by atoms with Crippen molar-refractivity contribution in [2.24, 2.45) is 0 Å². The van der Waals surface area contributed by atoms with Crippen LogP contribution in [0.3, 0.4) is 0 Å². The molecule has 2 aromatic rings. The van der Waals surface area contributed by atoms with Gasteiger partial charge in [-0.25, -0.2) is 9.97 Å². The largest absolute Gasteiger partial charge is 0.378 e. The molecule has 9 nitrogen and oxygen atoms in total. The third-order valence-corrected chi connectivity index (χ3v) is 8.65. The van der Waals surface area contributed by atoms with Crippen molar-refractivity contribution in [3.05, 3.63) is 58.7 Å². The summed E-state index contributed by atoms with van der Waals surface area (Å²) in [5, 5.41) is 6.88. The summed E-state index contributed by atoms with van der Waals surface area (Å²) < 4.78 is 11.8. The van der Waals surface area contributed by atoms with Crippen molar-refractivity contribution in [3.63, 3.8) is 0 Å². The van der Waals surface area contributed by atoms with Crippen LogP contribution in [-0.2, 0) is 27.9 Å². The normalized spacial score (nSPS) is 26.6. The van der Waals surface area contributed by atoms with Crippen molar-refractivity contribution in [3.8, 4) is 0 Å². The molecule has 0 aromatic carbocycles. The molecule has 2 N–H and O–H groups in total. The van der Waals surface area contributed by atoms with Gasteiger partial charge in [-0.1, -0.05) is 13.0 Å². The van der Waals surface area contributed by atoms with E-state index in [1.807, 2.05) is 13.1 Å². The van der Waals surface area contributed by atoms with Crippen LogP contribution in [0.25, 0.3) is 0 Å². The third kappa shape index (κ3) is 5.03. The minimum absolute atomic E-state index is 0.184. The number of fused-ring (bicyclic) bond motifs is 4. The summed E-state index contributed by atoms with van der Waals surface area (Å²) in [7, 11) is 0. The first-order valence-corrected chi connectivity index (χ1v) is 14.2. The number of hydrogen-bond acceptors (Lipinski definition) is 9. The lowest BCUT2D eigenvalue weighted by Crippen LogP contribution is -2.54. The zero-order valence-corrected chi connectivity index (χ0v) is 23.9. The molecule has 0 radical (unpaired) electrons. The minimum atomic E-state index is -0.221. The predicted octanol–water partition coefficient (Wildman–Crippen LogP) is 4.05. The van der Waals surface area contributed by atoms with Gasteiger partial charge in [0.25, 0.3) is 0 Å². The maximum atomic E-state index is 6.36. The van der Waals surface area contributed by atoms with E-state index in [2.05, 4.69) is 72.4 Å². The lowest BCUT2D eigenvalue weighted by Gasteiger charge is -2.46. The highest BCUT2D eigenvalue weighted by Crippen LogP contribution is 2.53. The predicted molar refractivity (Wildman–Crippen MR) is 153 cm³/mol. The monoisotopic (exact) mass is 531 g/mol. The Kier molecular flexibility index (Phi) is 6.85. The first-order chi connectivity index (χ1) is 18.7. The Morgan fingerprint density at radius 2 is 1.95 bits per heavy atom. The van der Waals surface area contributed by atoms with Gasteiger partial charge in [0.1, 0.15) is 11.6 Å². The molecule has 2 saturated heterocycles. The highest BCUT2D eigenvalue weighted by atomic mass is 16.5. The van der Waals surface area contributed by atoms with E-state index in [1.54, 1.807) is 0 Å². The second-order valence-electron chi connectivity index (χ2n) is 12.1. The lowest BCUT2D eigenvalue weighted by atomic mass is 9.73. The Balaban J connectivity index is 1.33. The summed E-state index contributed by atoms with van der Waals surface area (Å²) in [5.41, 5.74) is 5.37. The molecular weight excluding hydrogens is 490 g/mol. The van der Waals surface area contributed by atoms with Gasteiger partial charge >= 0.3 is 0 Å². The van der Waals surface area contributed by atoms with Crippen molar-refractivity contribution in [2.75, 3.05) is 49.7 Å². The Bertz CT molecular complexity index is 1300. The molecular formula is C30H41N7O2. The number of allylic oxidation sites excluding steroid dienone is 4. The Hall–Kier alpha value is -3.01. The van der Waals surface area contributed by atoms with Crippen molar-refractivity contribution < 1.29 is 9.47 Å². The first kappa shape index (κ1) is 26.2. The number of morpholine rings is 1. The van der Waals surface area contributed by atoms with Crippen LogP contribution in [0.5, 0.6) is 0 Å². The Labute approximate surface area is 231 Å². The number of hydrogen-bond donors (Lipinski definition) is 2. The molecule has 0 spiro atoms. The zero-order chi connectivity index (χ0) is 27.2. The van der Waals surface area contributed by atoms with Crippen LogP contribution in [0, 0.1) is 0 Å². The molecule has 4 aliphatic heterocycles. The summed E-state index contributed by atoms with van der Waals surface area (Å²) in [4.78, 5) is 19.8. The van der Waals surface area contributed by atoms with E-state index in [9.17, 15) is 0 Å². The van der Waals surface area contributed by atoms with Crippen molar-refractivity contribution in [2.45, 2.75) is 71.1 Å². The van der Waals surface area contributed by atoms with Crippen LogP contribution in [0.1, 0.15) is 57.9 Å². The SMILES string of the molecule is C/C(=C\C=C(/C)N1CCOCC1)Nc1ncc2c(n1)N(c1ccc3c(n1)CCNC3)[C@@H]1CC(C)(C)OC[C@]21C. The number of anilines is 3. The molecule has 2 fully saturated rings. The quantitative estimate of drug-likeness (QED) is 0.555. The van der Waals surface area contributed by atoms with Gasteiger partial charge in [-0.2, -0.15) is 4.98 Å². The van der Waals surface area contributed by atoms with Gasteiger partial charge in [0, 0.05) is 66.9 Å². The standard InChI is InChI=1S/C30H41N7O2/c1-20(6-7-21(2)36-12-14-38-15-13-36)33-28-32-18-23-27(35-28)37(25-16-29(3,4)39-19-30(23,25)5)26-9-8-22-17-31-11-10-24(22)34-26/h6-9,18,25,31H,10-17,19H2,1-5H3,(H,32,33,35)/b20-6+,21-7+/t25-,30-/m1/s1. The van der Waals surface area contributed by atoms with Crippen LogP contribution >= 0.6 is 0 Å². The van der Waals surface area contributed by atoms with Crippen molar-refractivity contribution in [1.82, 2.24) is 25.2 Å². The van der Waals surface area contributed by atoms with Crippen molar-refractivity contribution in [1.29, 1.82) is 0 Å². The van der Waals surface area contributed by atoms with Crippen LogP contribution in [0.2, 0.25) is 0 Å². The number of pyridine rings is 1. The van der Waals surface area contributed by atoms with Crippen LogP contribution in [0.4, 0.5) is 17.6 Å². The Morgan fingerprint density at radius 3 is 2.77 bits per heavy atom. The van der Waals surface area contributed by atoms with Crippen LogP contribution < -0.4 is 15.5 Å². The number of ether oxygens (including phenoxy) is 2. The third-order valence-electron chi connectivity index (χ3n) is 8.65. The van der Waals surface area contributed by atoms with E-state index in [0.717, 1.165) is 75.1 Å². The zero-order valence-electron chi connectivity index (χ0n) is 23.9. The molecule has 208 valence electrons. The fourth-order valence-electron chi connectivity index (χ4n) is 6.21. The van der Waals surface area contributed by atoms with Gasteiger partial charge in [0.15, 0.2) is 0 Å². The minimum Gasteiger partial charge on any atom is -0.378 e. The van der Waals surface area contributed by atoms with Gasteiger partial charge in [-0.05, 0) is 57.9 Å². The molecule has 0 saturated carbocycles. The fourth-order valence-corrected chi connectivity index (χ4v) is 6.21. The van der Waals surface area contributed by atoms with Gasteiger partial charge in [-0.15, -0.1) is 0 Å². The number of nitrogens with one attached hydrogen (secondary N) is 2. The van der Waals surface area contributed by atoms with Crippen LogP contribution in [0.15, 0.2) is 41.9 Å². The summed E-state index contributed by atoms with van der Waals surface area (Å²) in [6.07, 6.45) is 8.06. The second-order valence-corrected chi connectivity index (χ2v) is 12.1. The molecule has 6 rings (SSSR count). The maximum Gasteiger partial charge on any atom is 0.228 e. The molecule has 6 heterocycles. The average molecular weight is 532 g/mol. The molecule has 39 heavy (non-hydrogen) atoms. The summed E-state index contributed by atoms with van der Waals surface area (Å²) in [5.74, 6) is 2.48. The van der Waals surface area contributed by atoms with Gasteiger partial charge in [-0.3, -0.25) is 0 Å². The number of aromatic nitrogens is 3. The molecule has 0 unspecified atom stereocenters. The summed E-state index contributed by atoms with van der Waals surface area (Å²) >= 11 is 0. The molecule has 4 aliphatic rings. The van der Waals surface area contributed by atoms with E-state index in [-0.39, 0.29) is 17.1 Å². The highest BCUT2D eigenvalue weighted by molar-refractivity contribution is 5.70. The van der Waals surface area contributed by atoms with Crippen LogP contribution in [-0.4, -0.2) is 70.9 Å². The van der Waals surface area contributed by atoms with E-state index < -0.39 is 0 Å². The average Bonchev–Trinajstić information content (AvgIpc) is 3.18. The van der Waals surface area contributed by atoms with Gasteiger partial charge in [0.2, 0.25) is 5.95 Å². The molecule has 2 aromatic heterocycles. The summed E-state index contributed by atoms with van der Waals surface area (Å²) in [6, 6.07) is 4.56. The maximum absolute atomic E-state index is 6.36. The van der Waals surface area contributed by atoms with E-state index in [1.165, 1.54) is 17.0 Å². The topological polar surface area (TPSA) is 87.7 Å². The number of nitrogens with zero attached hydrogens (tertiary/aromatic N) is 5. The van der Waals surface area contributed by atoms with E-state index in [4.69, 9.17) is 24.4 Å². The smallest absolute Gasteiger partial charge is 0.228 e. The Morgan fingerprint density at radius 1 is 1.13 bits per heavy atom.